The molecule has 1 amide bonds. The second-order valence-corrected chi connectivity index (χ2v) is 6.07. The average molecular weight is 286 g/mol. The van der Waals surface area contributed by atoms with Crippen LogP contribution in [0.5, 0.6) is 5.75 Å². The lowest BCUT2D eigenvalue weighted by atomic mass is 10.1. The highest BCUT2D eigenvalue weighted by Gasteiger charge is 2.17. The van der Waals surface area contributed by atoms with E-state index in [-0.39, 0.29) is 16.4 Å². The normalized spacial score (nSPS) is 11.4. The minimum Gasteiger partial charge on any atom is -0.496 e. The predicted octanol–water partition coefficient (Wildman–Crippen LogP) is 0.728. The second-order valence-electron chi connectivity index (χ2n) is 4.51. The highest BCUT2D eigenvalue weighted by atomic mass is 32.2. The van der Waals surface area contributed by atoms with Gasteiger partial charge in [0.25, 0.3) is 5.91 Å². The molecule has 7 heteroatoms. The number of amides is 1. The number of benzene rings is 1. The molecule has 0 aromatic heterocycles. The first-order valence-electron chi connectivity index (χ1n) is 5.74. The SMILES string of the molecule is COc1ccc(S(N)(=O)=O)cc1C(=O)NCC(C)C. The van der Waals surface area contributed by atoms with Crippen molar-refractivity contribution in [1.82, 2.24) is 5.32 Å². The number of hydrogen-bond donors (Lipinski definition) is 2. The van der Waals surface area contributed by atoms with Gasteiger partial charge < -0.3 is 10.1 Å². The third-order valence-corrected chi connectivity index (χ3v) is 3.33. The van der Waals surface area contributed by atoms with Crippen LogP contribution in [0.2, 0.25) is 0 Å². The van der Waals surface area contributed by atoms with Crippen LogP contribution in [0.1, 0.15) is 24.2 Å². The van der Waals surface area contributed by atoms with Gasteiger partial charge in [0.1, 0.15) is 5.75 Å². The van der Waals surface area contributed by atoms with Gasteiger partial charge in [0.05, 0.1) is 17.6 Å². The summed E-state index contributed by atoms with van der Waals surface area (Å²) < 4.78 is 27.6. The Morgan fingerprint density at radius 1 is 1.42 bits per heavy atom. The number of rotatable bonds is 5. The maximum atomic E-state index is 12.0. The number of ether oxygens (including phenoxy) is 1. The van der Waals surface area contributed by atoms with Gasteiger partial charge >= 0.3 is 0 Å². The molecule has 0 atom stereocenters. The Hall–Kier alpha value is -1.60. The Kier molecular flexibility index (Phi) is 4.90. The Balaban J connectivity index is 3.13. The molecule has 0 aliphatic heterocycles. The topological polar surface area (TPSA) is 98.5 Å². The van der Waals surface area contributed by atoms with Crippen LogP contribution >= 0.6 is 0 Å². The molecule has 0 aliphatic rings. The third-order valence-electron chi connectivity index (χ3n) is 2.41. The molecular formula is C12H18N2O4S. The van der Waals surface area contributed by atoms with Crippen molar-refractivity contribution in [1.29, 1.82) is 0 Å². The molecule has 1 aromatic rings. The first-order chi connectivity index (χ1) is 8.75. The molecule has 19 heavy (non-hydrogen) atoms. The summed E-state index contributed by atoms with van der Waals surface area (Å²) in [6.45, 7) is 4.40. The number of carbonyl (C=O) groups excluding carboxylic acids is 1. The number of carbonyl (C=O) groups is 1. The largest absolute Gasteiger partial charge is 0.496 e. The monoisotopic (exact) mass is 286 g/mol. The van der Waals surface area contributed by atoms with Gasteiger partial charge in [-0.1, -0.05) is 13.8 Å². The first kappa shape index (κ1) is 15.5. The summed E-state index contributed by atoms with van der Waals surface area (Å²) in [6.07, 6.45) is 0. The van der Waals surface area contributed by atoms with E-state index in [1.165, 1.54) is 25.3 Å². The lowest BCUT2D eigenvalue weighted by Gasteiger charge is -2.11. The molecule has 106 valence electrons. The van der Waals surface area contributed by atoms with Crippen molar-refractivity contribution in [2.45, 2.75) is 18.7 Å². The minimum atomic E-state index is -3.85. The predicted molar refractivity (Wildman–Crippen MR) is 71.5 cm³/mol. The molecule has 0 spiro atoms. The highest BCUT2D eigenvalue weighted by molar-refractivity contribution is 7.89. The Labute approximate surface area is 113 Å². The van der Waals surface area contributed by atoms with Crippen molar-refractivity contribution in [3.63, 3.8) is 0 Å². The van der Waals surface area contributed by atoms with Crippen LogP contribution < -0.4 is 15.2 Å². The van der Waals surface area contributed by atoms with Crippen LogP contribution in [0.4, 0.5) is 0 Å². The van der Waals surface area contributed by atoms with Crippen molar-refractivity contribution in [2.75, 3.05) is 13.7 Å². The van der Waals surface area contributed by atoms with Crippen LogP contribution in [0.25, 0.3) is 0 Å². The number of hydrogen-bond acceptors (Lipinski definition) is 4. The average Bonchev–Trinajstić information content (AvgIpc) is 2.33. The van der Waals surface area contributed by atoms with Gasteiger partial charge in [0.15, 0.2) is 0 Å². The van der Waals surface area contributed by atoms with Crippen molar-refractivity contribution in [3.05, 3.63) is 23.8 Å². The van der Waals surface area contributed by atoms with Crippen LogP contribution in [0.15, 0.2) is 23.1 Å². The summed E-state index contributed by atoms with van der Waals surface area (Å²) in [5.41, 5.74) is 0.148. The van der Waals surface area contributed by atoms with Crippen molar-refractivity contribution < 1.29 is 17.9 Å². The summed E-state index contributed by atoms with van der Waals surface area (Å²) in [7, 11) is -2.44. The van der Waals surface area contributed by atoms with E-state index in [0.29, 0.717) is 12.3 Å². The standard InChI is InChI=1S/C12H18N2O4S/c1-8(2)7-14-12(15)10-6-9(19(13,16)17)4-5-11(10)18-3/h4-6,8H,7H2,1-3H3,(H,14,15)(H2,13,16,17). The van der Waals surface area contributed by atoms with Crippen molar-refractivity contribution in [3.8, 4) is 5.75 Å². The zero-order valence-corrected chi connectivity index (χ0v) is 12.0. The van der Waals surface area contributed by atoms with E-state index in [9.17, 15) is 13.2 Å². The molecule has 0 radical (unpaired) electrons. The number of nitrogens with two attached hydrogens (primary N) is 1. The van der Waals surface area contributed by atoms with Crippen molar-refractivity contribution >= 4 is 15.9 Å². The van der Waals surface area contributed by atoms with Crippen LogP contribution in [0, 0.1) is 5.92 Å². The minimum absolute atomic E-state index is 0.122. The molecule has 0 unspecified atom stereocenters. The van der Waals surface area contributed by atoms with Crippen LogP contribution in [-0.4, -0.2) is 28.0 Å². The summed E-state index contributed by atoms with van der Waals surface area (Å²) in [5.74, 6) is 0.195. The molecule has 1 aromatic carbocycles. The Bertz CT molecular complexity index is 567. The van der Waals surface area contributed by atoms with Crippen LogP contribution in [-0.2, 0) is 10.0 Å². The lowest BCUT2D eigenvalue weighted by Crippen LogP contribution is -2.28. The lowest BCUT2D eigenvalue weighted by molar-refractivity contribution is 0.0945. The van der Waals surface area contributed by atoms with Gasteiger partial charge in [-0.2, -0.15) is 0 Å². The van der Waals surface area contributed by atoms with E-state index in [1.54, 1.807) is 0 Å². The zero-order chi connectivity index (χ0) is 14.6. The summed E-state index contributed by atoms with van der Waals surface area (Å²) >= 11 is 0. The van der Waals surface area contributed by atoms with Gasteiger partial charge in [0.2, 0.25) is 10.0 Å². The Morgan fingerprint density at radius 3 is 2.53 bits per heavy atom. The molecule has 0 heterocycles. The molecule has 1 rings (SSSR count). The number of methoxy groups -OCH3 is 1. The molecule has 0 aliphatic carbocycles. The van der Waals surface area contributed by atoms with E-state index in [1.807, 2.05) is 13.8 Å². The molecular weight excluding hydrogens is 268 g/mol. The second kappa shape index (κ2) is 6.03. The number of nitrogens with one attached hydrogen (secondary N) is 1. The van der Waals surface area contributed by atoms with E-state index in [0.717, 1.165) is 0 Å². The van der Waals surface area contributed by atoms with Gasteiger partial charge in [-0.3, -0.25) is 4.79 Å². The highest BCUT2D eigenvalue weighted by Crippen LogP contribution is 2.21. The summed E-state index contributed by atoms with van der Waals surface area (Å²) in [6, 6.07) is 3.92. The molecule has 0 saturated heterocycles. The maximum absolute atomic E-state index is 12.0. The molecule has 0 bridgehead atoms. The first-order valence-corrected chi connectivity index (χ1v) is 7.29. The van der Waals surface area contributed by atoms with Gasteiger partial charge in [0, 0.05) is 6.54 Å². The smallest absolute Gasteiger partial charge is 0.255 e. The van der Waals surface area contributed by atoms with Gasteiger partial charge in [-0.25, -0.2) is 13.6 Å². The molecule has 6 nitrogen and oxygen atoms in total. The quantitative estimate of drug-likeness (QED) is 0.833. The zero-order valence-electron chi connectivity index (χ0n) is 11.1. The Morgan fingerprint density at radius 2 is 2.05 bits per heavy atom. The maximum Gasteiger partial charge on any atom is 0.255 e. The van der Waals surface area contributed by atoms with Crippen LogP contribution in [0.3, 0.4) is 0 Å². The van der Waals surface area contributed by atoms with Crippen molar-refractivity contribution in [2.24, 2.45) is 11.1 Å². The fourth-order valence-corrected chi connectivity index (χ4v) is 1.97. The summed E-state index contributed by atoms with van der Waals surface area (Å²) in [4.78, 5) is 11.9. The van der Waals surface area contributed by atoms with Gasteiger partial charge in [-0.05, 0) is 24.1 Å². The molecule has 0 fully saturated rings. The van der Waals surface area contributed by atoms with E-state index in [4.69, 9.17) is 9.88 Å². The molecule has 0 saturated carbocycles. The number of primary sulfonamides is 1. The third kappa shape index (κ3) is 4.22. The fraction of sp³-hybridized carbons (Fsp3) is 0.417. The van der Waals surface area contributed by atoms with Gasteiger partial charge in [-0.15, -0.1) is 0 Å². The van der Waals surface area contributed by atoms with E-state index >= 15 is 0 Å². The molecule has 3 N–H and O–H groups in total. The van der Waals surface area contributed by atoms with E-state index in [2.05, 4.69) is 5.32 Å². The van der Waals surface area contributed by atoms with E-state index < -0.39 is 15.9 Å². The summed E-state index contributed by atoms with van der Waals surface area (Å²) in [5, 5.41) is 7.74. The number of sulfonamides is 1. The fourth-order valence-electron chi connectivity index (χ4n) is 1.43.